The maximum absolute atomic E-state index is 13.5. The van der Waals surface area contributed by atoms with Crippen molar-refractivity contribution in [2.45, 2.75) is 341 Å². The number of amides is 4. The third-order valence-corrected chi connectivity index (χ3v) is 22.4. The van der Waals surface area contributed by atoms with Crippen LogP contribution >= 0.6 is 0 Å². The molecule has 50 unspecified atom stereocenters. The van der Waals surface area contributed by atoms with E-state index in [9.17, 15) is 157 Å². The minimum absolute atomic E-state index is 0.802. The molecule has 31 N–H and O–H groups in total. The molecule has 0 spiro atoms. The van der Waals surface area contributed by atoms with Gasteiger partial charge < -0.3 is 249 Å². The van der Waals surface area contributed by atoms with E-state index in [1.807, 2.05) is 0 Å². The average Bonchev–Trinajstić information content (AvgIpc) is 0.769. The fourth-order valence-corrected chi connectivity index (χ4v) is 15.9. The van der Waals surface area contributed by atoms with E-state index in [2.05, 4.69) is 21.3 Å². The maximum Gasteiger partial charge on any atom is 0.217 e. The first-order chi connectivity index (χ1) is 57.7. The van der Waals surface area contributed by atoms with Crippen molar-refractivity contribution in [2.24, 2.45) is 0 Å². The number of carbonyl (C=O) groups excluding carboxylic acids is 4. The Morgan fingerprint density at radius 1 is 0.230 bits per heavy atom. The Balaban J connectivity index is 1.01. The van der Waals surface area contributed by atoms with Crippen LogP contribution in [0.2, 0.25) is 0 Å². The molecule has 122 heavy (non-hydrogen) atoms. The first kappa shape index (κ1) is 100. The van der Waals surface area contributed by atoms with Gasteiger partial charge in [-0.1, -0.05) is 0 Å². The van der Waals surface area contributed by atoms with E-state index >= 15 is 0 Å². The number of carbonyl (C=O) groups is 4. The Morgan fingerprint density at radius 3 is 0.934 bits per heavy atom. The Labute approximate surface area is 691 Å². The number of aliphatic hydroxyl groups excluding tert-OH is 27. The molecule has 0 radical (unpaired) electrons. The van der Waals surface area contributed by atoms with Crippen molar-refractivity contribution in [3.8, 4) is 0 Å². The van der Waals surface area contributed by atoms with Gasteiger partial charge in [-0.2, -0.15) is 0 Å². The molecule has 10 aliphatic heterocycles. The summed E-state index contributed by atoms with van der Waals surface area (Å²) in [5, 5.41) is 311. The summed E-state index contributed by atoms with van der Waals surface area (Å²) >= 11 is 0. The van der Waals surface area contributed by atoms with Gasteiger partial charge in [-0.3, -0.25) is 19.2 Å². The van der Waals surface area contributed by atoms with E-state index in [4.69, 9.17) is 90.0 Å². The van der Waals surface area contributed by atoms with Crippen LogP contribution in [0.3, 0.4) is 0 Å². The van der Waals surface area contributed by atoms with Crippen molar-refractivity contribution in [1.29, 1.82) is 0 Å². The summed E-state index contributed by atoms with van der Waals surface area (Å²) in [4.78, 5) is 51.8. The van der Waals surface area contributed by atoms with Gasteiger partial charge in [0.15, 0.2) is 62.9 Å². The minimum Gasteiger partial charge on any atom is -0.394 e. The maximum atomic E-state index is 13.5. The highest BCUT2D eigenvalue weighted by atomic mass is 16.8. The number of aliphatic hydroxyl groups is 27. The summed E-state index contributed by atoms with van der Waals surface area (Å²) < 4.78 is 114. The fraction of sp³-hybridized carbons (Fsp3) is 0.941. The third-order valence-electron chi connectivity index (χ3n) is 22.4. The summed E-state index contributed by atoms with van der Waals surface area (Å²) in [6, 6.07) is -7.63. The molecule has 0 aromatic carbocycles. The average molecular weight is 1790 g/mol. The Kier molecular flexibility index (Phi) is 35.8. The lowest BCUT2D eigenvalue weighted by molar-refractivity contribution is -0.400. The van der Waals surface area contributed by atoms with E-state index in [0.717, 1.165) is 27.7 Å². The van der Waals surface area contributed by atoms with Crippen molar-refractivity contribution < 1.29 is 247 Å². The van der Waals surface area contributed by atoms with Gasteiger partial charge in [-0.05, 0) is 6.92 Å². The van der Waals surface area contributed by atoms with Crippen LogP contribution in [0.4, 0.5) is 0 Å². The number of hydrogen-bond donors (Lipinski definition) is 31. The van der Waals surface area contributed by atoms with E-state index in [1.54, 1.807) is 0 Å². The molecule has 54 nitrogen and oxygen atoms in total. The first-order valence-electron chi connectivity index (χ1n) is 39.0. The molecule has 0 saturated carbocycles. The van der Waals surface area contributed by atoms with Gasteiger partial charge in [0.25, 0.3) is 0 Å². The number of ether oxygens (including phenoxy) is 19. The number of nitrogens with one attached hydrogen (secondary N) is 4. The lowest BCUT2D eigenvalue weighted by Gasteiger charge is -2.51. The second kappa shape index (κ2) is 43.6. The molecule has 54 heteroatoms. The number of hydrogen-bond acceptors (Lipinski definition) is 50. The Morgan fingerprint density at radius 2 is 0.508 bits per heavy atom. The Bertz CT molecular complexity index is 3290. The first-order valence-corrected chi connectivity index (χ1v) is 39.0. The van der Waals surface area contributed by atoms with Crippen molar-refractivity contribution in [3.05, 3.63) is 0 Å². The summed E-state index contributed by atoms with van der Waals surface area (Å²) in [7, 11) is 0. The second-order valence-corrected chi connectivity index (χ2v) is 31.0. The van der Waals surface area contributed by atoms with Crippen LogP contribution in [-0.2, 0) is 109 Å². The quantitative estimate of drug-likeness (QED) is 0.0306. The van der Waals surface area contributed by atoms with Crippen LogP contribution in [0.5, 0.6) is 0 Å². The normalized spacial score (nSPS) is 49.7. The zero-order chi connectivity index (χ0) is 89.8. The van der Waals surface area contributed by atoms with Crippen LogP contribution in [-0.4, -0.2) is 528 Å². The third kappa shape index (κ3) is 21.9. The largest absolute Gasteiger partial charge is 0.394 e. The van der Waals surface area contributed by atoms with Crippen LogP contribution in [0.1, 0.15) is 34.6 Å². The van der Waals surface area contributed by atoms with Crippen molar-refractivity contribution in [1.82, 2.24) is 21.3 Å². The van der Waals surface area contributed by atoms with E-state index < -0.39 is 390 Å². The molecular formula is C68H114N4O50. The summed E-state index contributed by atoms with van der Waals surface area (Å²) in [5.41, 5.74) is 0. The number of rotatable bonds is 31. The molecule has 706 valence electrons. The minimum atomic E-state index is -2.62. The lowest BCUT2D eigenvalue weighted by atomic mass is 9.93. The van der Waals surface area contributed by atoms with Crippen molar-refractivity contribution in [2.75, 3.05) is 59.5 Å². The predicted octanol–water partition coefficient (Wildman–Crippen LogP) is -21.2. The van der Waals surface area contributed by atoms with Crippen molar-refractivity contribution in [3.63, 3.8) is 0 Å². The highest BCUT2D eigenvalue weighted by molar-refractivity contribution is 5.74. The van der Waals surface area contributed by atoms with Crippen LogP contribution in [0, 0.1) is 0 Å². The molecule has 10 aliphatic rings. The molecule has 0 aromatic heterocycles. The van der Waals surface area contributed by atoms with Gasteiger partial charge in [0.2, 0.25) is 23.6 Å². The highest BCUT2D eigenvalue weighted by Gasteiger charge is 2.62. The fourth-order valence-electron chi connectivity index (χ4n) is 15.9. The molecular weight excluding hydrogens is 1670 g/mol. The molecule has 10 rings (SSSR count). The second-order valence-electron chi connectivity index (χ2n) is 31.0. The van der Waals surface area contributed by atoms with Gasteiger partial charge in [-0.15, -0.1) is 0 Å². The SMILES string of the molecule is CC(=O)NC1C(O)OC(CO)C(OC2OC(CO)C(OC3OC(COC4OC(CO)C(O)C(O)C4OC4OC(CO)C(OC5OC(CO)C(O)C(O)C5O)C(OC5OC(C)C(O)C(O)C5O)C4NC(C)=O)C(O)C(OC4OC(CO)C(O)C(O)C4OC4OC(CO)C(OC5OC(CO)C(O)C(O)C5O)C(O)C4NC(C)=O)C3O)C(O)C2NC(C)=O)C1O. The summed E-state index contributed by atoms with van der Waals surface area (Å²) in [6.07, 6.45) is -96.8. The predicted molar refractivity (Wildman–Crippen MR) is 375 cm³/mol. The zero-order valence-electron chi connectivity index (χ0n) is 65.7. The molecule has 10 heterocycles. The molecule has 50 atom stereocenters. The summed E-state index contributed by atoms with van der Waals surface area (Å²) in [6.45, 7) is -5.23. The zero-order valence-corrected chi connectivity index (χ0v) is 65.7. The molecule has 10 saturated heterocycles. The standard InChI is InChI=1S/C68H114N4O50/c1-15-33(85)42(94)47(99)63(105-15)119-55-32(72-19(5)84)62(113-27(13-80)54(55)118-65-49(101)44(96)35(87)21(7-74)108-65)121-57-45(97)36(88)22(8-75)109-67(57)104-14-28-38(90)56(50(102)66(114-28)117-53-26(12-79)111-60(30(40(53)92)70-17(3)82)115-51-24(10-77)106-59(103)29(39(51)91)69-16(2)81)120-68-58(46(98)37(89)23(9-76)110-68)122-61-31(71-18(4)83)41(93)52(25(11-78)112-61)116-64-48(100)43(95)34(86)20(6-73)107-64/h15,20-68,73-80,85-103H,6-14H2,1-5H3,(H,69,81)(H,70,82)(H,71,83)(H,72,84). The van der Waals surface area contributed by atoms with E-state index in [0.29, 0.717) is 0 Å². The summed E-state index contributed by atoms with van der Waals surface area (Å²) in [5.74, 6) is -3.75. The van der Waals surface area contributed by atoms with Gasteiger partial charge >= 0.3 is 0 Å². The highest BCUT2D eigenvalue weighted by Crippen LogP contribution is 2.41. The van der Waals surface area contributed by atoms with E-state index in [-0.39, 0.29) is 0 Å². The van der Waals surface area contributed by atoms with Crippen LogP contribution in [0.25, 0.3) is 0 Å². The van der Waals surface area contributed by atoms with Gasteiger partial charge in [0.1, 0.15) is 238 Å². The van der Waals surface area contributed by atoms with Crippen molar-refractivity contribution >= 4 is 23.6 Å². The molecule has 4 amide bonds. The molecule has 10 fully saturated rings. The van der Waals surface area contributed by atoms with E-state index in [1.165, 1.54) is 6.92 Å². The van der Waals surface area contributed by atoms with Gasteiger partial charge in [0.05, 0.1) is 65.6 Å². The Hall–Kier alpha value is -3.96. The van der Waals surface area contributed by atoms with Gasteiger partial charge in [-0.25, -0.2) is 0 Å². The monoisotopic (exact) mass is 1790 g/mol. The van der Waals surface area contributed by atoms with Crippen LogP contribution in [0.15, 0.2) is 0 Å². The van der Waals surface area contributed by atoms with Crippen LogP contribution < -0.4 is 21.3 Å². The topological polar surface area (TPSA) is 838 Å². The lowest BCUT2D eigenvalue weighted by Crippen LogP contribution is -2.71. The van der Waals surface area contributed by atoms with Gasteiger partial charge in [0, 0.05) is 27.7 Å². The molecule has 0 aromatic rings. The molecule has 0 aliphatic carbocycles. The smallest absolute Gasteiger partial charge is 0.217 e. The molecule has 0 bridgehead atoms.